The molecule has 2 N–H and O–H groups in total. The first-order valence-corrected chi connectivity index (χ1v) is 8.03. The van der Waals surface area contributed by atoms with Gasteiger partial charge in [-0.3, -0.25) is 4.79 Å². The number of rotatable bonds is 5. The van der Waals surface area contributed by atoms with E-state index >= 15 is 0 Å². The number of carbonyl (C=O) groups is 2. The second-order valence-corrected chi connectivity index (χ2v) is 6.05. The molecule has 2 atom stereocenters. The maximum Gasteiger partial charge on any atom is 0.356 e. The van der Waals surface area contributed by atoms with E-state index in [0.717, 1.165) is 31.9 Å². The Kier molecular flexibility index (Phi) is 4.84. The highest BCUT2D eigenvalue weighted by molar-refractivity contribution is 5.92. The van der Waals surface area contributed by atoms with Crippen molar-refractivity contribution in [2.24, 2.45) is 5.92 Å². The predicted molar refractivity (Wildman–Crippen MR) is 87.7 cm³/mol. The Balaban J connectivity index is 1.63. The van der Waals surface area contributed by atoms with E-state index < -0.39 is 5.97 Å². The van der Waals surface area contributed by atoms with Crippen LogP contribution in [0.15, 0.2) is 42.7 Å². The minimum Gasteiger partial charge on any atom is -0.476 e. The SMILES string of the molecule is O=C(O)c1cnc(C(=O)NC2CCCC2Cc2ccccc2)cn1. The van der Waals surface area contributed by atoms with Crippen LogP contribution in [-0.4, -0.2) is 33.0 Å². The zero-order valence-electron chi connectivity index (χ0n) is 13.2. The molecular weight excluding hydrogens is 306 g/mol. The van der Waals surface area contributed by atoms with Gasteiger partial charge in [0.05, 0.1) is 12.4 Å². The number of hydrogen-bond donors (Lipinski definition) is 2. The summed E-state index contributed by atoms with van der Waals surface area (Å²) in [5, 5.41) is 11.8. The molecule has 0 bridgehead atoms. The maximum atomic E-state index is 12.3. The smallest absolute Gasteiger partial charge is 0.356 e. The molecule has 0 radical (unpaired) electrons. The molecule has 124 valence electrons. The number of carbonyl (C=O) groups excluding carboxylic acids is 1. The van der Waals surface area contributed by atoms with Gasteiger partial charge in [0.25, 0.3) is 5.91 Å². The van der Waals surface area contributed by atoms with Gasteiger partial charge in [-0.2, -0.15) is 0 Å². The molecule has 2 unspecified atom stereocenters. The molecule has 1 saturated carbocycles. The summed E-state index contributed by atoms with van der Waals surface area (Å²) in [6, 6.07) is 10.4. The van der Waals surface area contributed by atoms with Gasteiger partial charge in [0.1, 0.15) is 5.69 Å². The van der Waals surface area contributed by atoms with Gasteiger partial charge in [-0.1, -0.05) is 36.8 Å². The van der Waals surface area contributed by atoms with Gasteiger partial charge in [-0.15, -0.1) is 0 Å². The van der Waals surface area contributed by atoms with Crippen molar-refractivity contribution in [2.45, 2.75) is 31.7 Å². The van der Waals surface area contributed by atoms with Crippen molar-refractivity contribution in [3.63, 3.8) is 0 Å². The van der Waals surface area contributed by atoms with Crippen molar-refractivity contribution in [1.82, 2.24) is 15.3 Å². The van der Waals surface area contributed by atoms with Crippen LogP contribution < -0.4 is 5.32 Å². The average Bonchev–Trinajstić information content (AvgIpc) is 3.02. The van der Waals surface area contributed by atoms with E-state index in [-0.39, 0.29) is 23.3 Å². The quantitative estimate of drug-likeness (QED) is 0.880. The summed E-state index contributed by atoms with van der Waals surface area (Å²) in [6.45, 7) is 0. The maximum absolute atomic E-state index is 12.3. The van der Waals surface area contributed by atoms with Crippen LogP contribution in [0.2, 0.25) is 0 Å². The van der Waals surface area contributed by atoms with E-state index in [9.17, 15) is 9.59 Å². The number of carboxylic acid groups (broad SMARTS) is 1. The zero-order valence-corrected chi connectivity index (χ0v) is 13.2. The third kappa shape index (κ3) is 3.76. The minimum atomic E-state index is -1.16. The number of aromatic nitrogens is 2. The molecule has 24 heavy (non-hydrogen) atoms. The summed E-state index contributed by atoms with van der Waals surface area (Å²) >= 11 is 0. The van der Waals surface area contributed by atoms with Gasteiger partial charge in [0.2, 0.25) is 0 Å². The fourth-order valence-electron chi connectivity index (χ4n) is 3.19. The molecule has 0 saturated heterocycles. The van der Waals surface area contributed by atoms with Crippen molar-refractivity contribution >= 4 is 11.9 Å². The highest BCUT2D eigenvalue weighted by atomic mass is 16.4. The molecule has 1 aliphatic rings. The molecule has 0 spiro atoms. The first kappa shape index (κ1) is 16.1. The molecule has 6 heteroatoms. The fourth-order valence-corrected chi connectivity index (χ4v) is 3.19. The number of carboxylic acids is 1. The van der Waals surface area contributed by atoms with Gasteiger partial charge in [-0.05, 0) is 30.7 Å². The Hall–Kier alpha value is -2.76. The van der Waals surface area contributed by atoms with Crippen molar-refractivity contribution in [2.75, 3.05) is 0 Å². The highest BCUT2D eigenvalue weighted by Crippen LogP contribution is 2.29. The van der Waals surface area contributed by atoms with Crippen LogP contribution in [-0.2, 0) is 6.42 Å². The van der Waals surface area contributed by atoms with Crippen LogP contribution in [0.1, 0.15) is 45.8 Å². The molecule has 0 aliphatic heterocycles. The Morgan fingerprint density at radius 1 is 1.08 bits per heavy atom. The number of nitrogens with zero attached hydrogens (tertiary/aromatic N) is 2. The lowest BCUT2D eigenvalue weighted by molar-refractivity contribution is 0.0688. The molecule has 1 aromatic carbocycles. The van der Waals surface area contributed by atoms with Gasteiger partial charge in [0.15, 0.2) is 5.69 Å². The number of hydrogen-bond acceptors (Lipinski definition) is 4. The minimum absolute atomic E-state index is 0.110. The molecule has 1 fully saturated rings. The summed E-state index contributed by atoms with van der Waals surface area (Å²) in [7, 11) is 0. The van der Waals surface area contributed by atoms with Crippen LogP contribution in [0.5, 0.6) is 0 Å². The van der Waals surface area contributed by atoms with Gasteiger partial charge in [0, 0.05) is 6.04 Å². The van der Waals surface area contributed by atoms with Crippen molar-refractivity contribution in [3.05, 3.63) is 59.7 Å². The Labute approximate surface area is 140 Å². The third-order valence-corrected chi connectivity index (χ3v) is 4.42. The largest absolute Gasteiger partial charge is 0.476 e. The van der Waals surface area contributed by atoms with Crippen molar-refractivity contribution in [3.8, 4) is 0 Å². The predicted octanol–water partition coefficient (Wildman–Crippen LogP) is 2.32. The van der Waals surface area contributed by atoms with Crippen LogP contribution in [0.25, 0.3) is 0 Å². The topological polar surface area (TPSA) is 92.2 Å². The lowest BCUT2D eigenvalue weighted by atomic mass is 9.94. The second kappa shape index (κ2) is 7.21. The molecule has 2 aromatic rings. The summed E-state index contributed by atoms with van der Waals surface area (Å²) < 4.78 is 0. The number of benzene rings is 1. The van der Waals surface area contributed by atoms with Crippen LogP contribution in [0.4, 0.5) is 0 Å². The average molecular weight is 325 g/mol. The van der Waals surface area contributed by atoms with Crippen molar-refractivity contribution in [1.29, 1.82) is 0 Å². The Bertz CT molecular complexity index is 716. The van der Waals surface area contributed by atoms with Gasteiger partial charge >= 0.3 is 5.97 Å². The van der Waals surface area contributed by atoms with E-state index in [0.29, 0.717) is 5.92 Å². The number of nitrogens with one attached hydrogen (secondary N) is 1. The molecular formula is C18H19N3O3. The summed E-state index contributed by atoms with van der Waals surface area (Å²) in [5.74, 6) is -1.06. The zero-order chi connectivity index (χ0) is 16.9. The number of amides is 1. The lowest BCUT2D eigenvalue weighted by Crippen LogP contribution is -2.38. The Morgan fingerprint density at radius 3 is 2.46 bits per heavy atom. The highest BCUT2D eigenvalue weighted by Gasteiger charge is 2.29. The normalized spacial score (nSPS) is 19.8. The first-order chi connectivity index (χ1) is 11.6. The molecule has 1 amide bonds. The summed E-state index contributed by atoms with van der Waals surface area (Å²) in [4.78, 5) is 30.7. The summed E-state index contributed by atoms with van der Waals surface area (Å²) in [5.41, 5.74) is 1.24. The van der Waals surface area contributed by atoms with E-state index in [1.54, 1.807) is 0 Å². The molecule has 1 heterocycles. The number of aromatic carboxylic acids is 1. The Morgan fingerprint density at radius 2 is 1.79 bits per heavy atom. The van der Waals surface area contributed by atoms with E-state index in [2.05, 4.69) is 27.4 Å². The standard InChI is InChI=1S/C18H19N3O3/c22-17(15-10-20-16(11-19-15)18(23)24)21-14-8-4-7-13(14)9-12-5-2-1-3-6-12/h1-3,5-6,10-11,13-14H,4,7-9H2,(H,21,22)(H,23,24). The van der Waals surface area contributed by atoms with E-state index in [1.165, 1.54) is 11.8 Å². The van der Waals surface area contributed by atoms with Gasteiger partial charge in [-0.25, -0.2) is 14.8 Å². The van der Waals surface area contributed by atoms with Crippen LogP contribution in [0, 0.1) is 5.92 Å². The van der Waals surface area contributed by atoms with E-state index in [1.807, 2.05) is 18.2 Å². The molecule has 1 aromatic heterocycles. The fraction of sp³-hybridized carbons (Fsp3) is 0.333. The van der Waals surface area contributed by atoms with Crippen molar-refractivity contribution < 1.29 is 14.7 Å². The first-order valence-electron chi connectivity index (χ1n) is 8.03. The molecule has 3 rings (SSSR count). The van der Waals surface area contributed by atoms with Crippen LogP contribution in [0.3, 0.4) is 0 Å². The molecule has 6 nitrogen and oxygen atoms in total. The lowest BCUT2D eigenvalue weighted by Gasteiger charge is -2.21. The van der Waals surface area contributed by atoms with Crippen LogP contribution >= 0.6 is 0 Å². The third-order valence-electron chi connectivity index (χ3n) is 4.42. The molecule has 1 aliphatic carbocycles. The van der Waals surface area contributed by atoms with Gasteiger partial charge < -0.3 is 10.4 Å². The second-order valence-electron chi connectivity index (χ2n) is 6.05. The summed E-state index contributed by atoms with van der Waals surface area (Å²) in [6.07, 6.45) is 6.38. The monoisotopic (exact) mass is 325 g/mol. The van der Waals surface area contributed by atoms with E-state index in [4.69, 9.17) is 5.11 Å².